The van der Waals surface area contributed by atoms with Gasteiger partial charge < -0.3 is 15.4 Å². The molecule has 9 heteroatoms. The SMILES string of the molecule is C[C@H]1OCCN[C@@H]1C(=O)Nc1ccc(Cc2nnc3ccccn23)cc1.Cl.Cl. The molecule has 3 aromatic rings. The van der Waals surface area contributed by atoms with Crippen molar-refractivity contribution in [2.45, 2.75) is 25.5 Å². The summed E-state index contributed by atoms with van der Waals surface area (Å²) in [5.41, 5.74) is 2.71. The Morgan fingerprint density at radius 2 is 2.00 bits per heavy atom. The maximum absolute atomic E-state index is 12.4. The molecule has 150 valence electrons. The third-order valence-electron chi connectivity index (χ3n) is 4.57. The quantitative estimate of drug-likeness (QED) is 0.673. The predicted molar refractivity (Wildman–Crippen MR) is 113 cm³/mol. The summed E-state index contributed by atoms with van der Waals surface area (Å²) in [6.07, 6.45) is 2.50. The van der Waals surface area contributed by atoms with Gasteiger partial charge in [0.1, 0.15) is 11.9 Å². The van der Waals surface area contributed by atoms with Crippen LogP contribution in [0.5, 0.6) is 0 Å². The molecule has 0 saturated carbocycles. The third kappa shape index (κ3) is 4.80. The van der Waals surface area contributed by atoms with Crippen molar-refractivity contribution in [3.63, 3.8) is 0 Å². The molecule has 0 radical (unpaired) electrons. The first-order valence-corrected chi connectivity index (χ1v) is 8.74. The van der Waals surface area contributed by atoms with E-state index < -0.39 is 0 Å². The van der Waals surface area contributed by atoms with Crippen molar-refractivity contribution in [2.24, 2.45) is 0 Å². The van der Waals surface area contributed by atoms with Crippen molar-refractivity contribution in [3.05, 3.63) is 60.0 Å². The van der Waals surface area contributed by atoms with Crippen LogP contribution in [0.3, 0.4) is 0 Å². The highest BCUT2D eigenvalue weighted by Crippen LogP contribution is 2.15. The Kier molecular flexibility index (Phi) is 7.77. The summed E-state index contributed by atoms with van der Waals surface area (Å²) in [5, 5.41) is 14.6. The van der Waals surface area contributed by atoms with Crippen LogP contribution < -0.4 is 10.6 Å². The summed E-state index contributed by atoms with van der Waals surface area (Å²) < 4.78 is 7.50. The van der Waals surface area contributed by atoms with E-state index in [0.717, 1.165) is 22.7 Å². The Morgan fingerprint density at radius 3 is 2.75 bits per heavy atom. The highest BCUT2D eigenvalue weighted by atomic mass is 35.5. The van der Waals surface area contributed by atoms with Crippen LogP contribution in [-0.2, 0) is 16.0 Å². The lowest BCUT2D eigenvalue weighted by molar-refractivity contribution is -0.123. The van der Waals surface area contributed by atoms with Crippen LogP contribution in [0.2, 0.25) is 0 Å². The van der Waals surface area contributed by atoms with Gasteiger partial charge in [0, 0.05) is 24.8 Å². The number of ether oxygens (including phenoxy) is 1. The molecule has 1 aromatic carbocycles. The molecule has 0 aliphatic carbocycles. The van der Waals surface area contributed by atoms with E-state index in [-0.39, 0.29) is 42.9 Å². The lowest BCUT2D eigenvalue weighted by atomic mass is 10.1. The zero-order chi connectivity index (χ0) is 17.9. The summed E-state index contributed by atoms with van der Waals surface area (Å²) in [7, 11) is 0. The van der Waals surface area contributed by atoms with Crippen LogP contribution in [0.1, 0.15) is 18.3 Å². The van der Waals surface area contributed by atoms with Crippen LogP contribution in [0.4, 0.5) is 5.69 Å². The highest BCUT2D eigenvalue weighted by molar-refractivity contribution is 5.95. The van der Waals surface area contributed by atoms with Crippen molar-refractivity contribution in [2.75, 3.05) is 18.5 Å². The van der Waals surface area contributed by atoms with Crippen LogP contribution >= 0.6 is 24.8 Å². The first kappa shape index (κ1) is 22.1. The van der Waals surface area contributed by atoms with Crippen molar-refractivity contribution in [3.8, 4) is 0 Å². The fourth-order valence-electron chi connectivity index (χ4n) is 3.15. The van der Waals surface area contributed by atoms with Gasteiger partial charge in [0.2, 0.25) is 5.91 Å². The standard InChI is InChI=1S/C19H21N5O2.2ClH/c1-13-18(20-9-11-26-13)19(25)21-15-7-5-14(6-8-15)12-17-23-22-16-4-2-3-10-24(16)17;;/h2-8,10,13,18,20H,9,11-12H2,1H3,(H,21,25);2*1H/t13-,18+;;/m1../s1. The highest BCUT2D eigenvalue weighted by Gasteiger charge is 2.28. The lowest BCUT2D eigenvalue weighted by Crippen LogP contribution is -2.53. The number of hydrogen-bond acceptors (Lipinski definition) is 5. The van der Waals surface area contributed by atoms with Gasteiger partial charge >= 0.3 is 0 Å². The number of aromatic nitrogens is 3. The zero-order valence-corrected chi connectivity index (χ0v) is 17.0. The predicted octanol–water partition coefficient (Wildman–Crippen LogP) is 2.48. The van der Waals surface area contributed by atoms with Gasteiger partial charge in [-0.2, -0.15) is 0 Å². The van der Waals surface area contributed by atoms with E-state index in [4.69, 9.17) is 4.74 Å². The number of rotatable bonds is 4. The van der Waals surface area contributed by atoms with Crippen LogP contribution in [0, 0.1) is 0 Å². The molecule has 4 rings (SSSR count). The van der Waals surface area contributed by atoms with Crippen LogP contribution in [0.25, 0.3) is 5.65 Å². The number of amides is 1. The van der Waals surface area contributed by atoms with Gasteiger partial charge in [0.05, 0.1) is 12.7 Å². The number of anilines is 1. The van der Waals surface area contributed by atoms with E-state index in [1.807, 2.05) is 60.0 Å². The van der Waals surface area contributed by atoms with E-state index in [1.54, 1.807) is 0 Å². The number of benzene rings is 1. The molecule has 1 aliphatic rings. The van der Waals surface area contributed by atoms with Crippen molar-refractivity contribution >= 4 is 42.1 Å². The molecule has 0 spiro atoms. The second-order valence-electron chi connectivity index (χ2n) is 6.42. The fourth-order valence-corrected chi connectivity index (χ4v) is 3.15. The van der Waals surface area contributed by atoms with E-state index >= 15 is 0 Å². The number of nitrogens with one attached hydrogen (secondary N) is 2. The molecule has 7 nitrogen and oxygen atoms in total. The number of pyridine rings is 1. The molecule has 1 saturated heterocycles. The van der Waals surface area contributed by atoms with E-state index in [9.17, 15) is 4.79 Å². The summed E-state index contributed by atoms with van der Waals surface area (Å²) in [4.78, 5) is 12.4. The average molecular weight is 424 g/mol. The minimum Gasteiger partial charge on any atom is -0.375 e. The summed E-state index contributed by atoms with van der Waals surface area (Å²) in [5.74, 6) is 0.808. The Bertz CT molecular complexity index is 916. The van der Waals surface area contributed by atoms with Gasteiger partial charge in [0.25, 0.3) is 0 Å². The van der Waals surface area contributed by atoms with Gasteiger partial charge in [0.15, 0.2) is 5.65 Å². The molecule has 1 aliphatic heterocycles. The van der Waals surface area contributed by atoms with Crippen molar-refractivity contribution in [1.29, 1.82) is 0 Å². The molecule has 0 unspecified atom stereocenters. The first-order chi connectivity index (χ1) is 12.7. The van der Waals surface area contributed by atoms with Gasteiger partial charge in [-0.25, -0.2) is 0 Å². The first-order valence-electron chi connectivity index (χ1n) is 8.74. The number of carbonyl (C=O) groups is 1. The number of morpholine rings is 1. The summed E-state index contributed by atoms with van der Waals surface area (Å²) in [6, 6.07) is 13.3. The lowest BCUT2D eigenvalue weighted by Gasteiger charge is -2.29. The molecule has 28 heavy (non-hydrogen) atoms. The number of nitrogens with zero attached hydrogens (tertiary/aromatic N) is 3. The number of hydrogen-bond donors (Lipinski definition) is 2. The van der Waals surface area contributed by atoms with E-state index in [0.29, 0.717) is 19.6 Å². The molecule has 1 amide bonds. The van der Waals surface area contributed by atoms with Crippen molar-refractivity contribution in [1.82, 2.24) is 19.9 Å². The monoisotopic (exact) mass is 423 g/mol. The third-order valence-corrected chi connectivity index (χ3v) is 4.57. The van der Waals surface area contributed by atoms with Gasteiger partial charge in [-0.3, -0.25) is 9.20 Å². The smallest absolute Gasteiger partial charge is 0.244 e. The summed E-state index contributed by atoms with van der Waals surface area (Å²) >= 11 is 0. The van der Waals surface area contributed by atoms with Gasteiger partial charge in [-0.1, -0.05) is 18.2 Å². The van der Waals surface area contributed by atoms with E-state index in [1.165, 1.54) is 0 Å². The molecule has 2 N–H and O–H groups in total. The second-order valence-corrected chi connectivity index (χ2v) is 6.42. The van der Waals surface area contributed by atoms with Gasteiger partial charge in [-0.05, 0) is 36.8 Å². The summed E-state index contributed by atoms with van der Waals surface area (Å²) in [6.45, 7) is 3.23. The number of halogens is 2. The topological polar surface area (TPSA) is 80.5 Å². The van der Waals surface area contributed by atoms with Crippen LogP contribution in [0.15, 0.2) is 48.7 Å². The minimum atomic E-state index is -0.328. The molecule has 3 heterocycles. The van der Waals surface area contributed by atoms with E-state index in [2.05, 4.69) is 20.8 Å². The maximum atomic E-state index is 12.4. The molecule has 1 fully saturated rings. The maximum Gasteiger partial charge on any atom is 0.244 e. The molecule has 0 bridgehead atoms. The molecular weight excluding hydrogens is 401 g/mol. The Morgan fingerprint density at radius 1 is 1.21 bits per heavy atom. The fraction of sp³-hybridized carbons (Fsp3) is 0.316. The Balaban J connectivity index is 0.00000140. The molecule has 2 atom stereocenters. The Labute approximate surface area is 175 Å². The normalized spacial score (nSPS) is 18.8. The van der Waals surface area contributed by atoms with Gasteiger partial charge in [-0.15, -0.1) is 35.0 Å². The average Bonchev–Trinajstić information content (AvgIpc) is 3.07. The zero-order valence-electron chi connectivity index (χ0n) is 15.4. The Hall–Kier alpha value is -2.19. The van der Waals surface area contributed by atoms with Crippen LogP contribution in [-0.4, -0.2) is 45.8 Å². The minimum absolute atomic E-state index is 0. The molecular formula is C19H23Cl2N5O2. The largest absolute Gasteiger partial charge is 0.375 e. The number of carbonyl (C=O) groups excluding carboxylic acids is 1. The number of fused-ring (bicyclic) bond motifs is 1. The van der Waals surface area contributed by atoms with Crippen molar-refractivity contribution < 1.29 is 9.53 Å². The molecule has 2 aromatic heterocycles. The second kappa shape index (κ2) is 9.84.